The van der Waals surface area contributed by atoms with Crippen LogP contribution in [-0.2, 0) is 4.74 Å². The van der Waals surface area contributed by atoms with Gasteiger partial charge in [-0.25, -0.2) is 0 Å². The molecule has 1 aliphatic heterocycles. The Labute approximate surface area is 107 Å². The second-order valence-corrected chi connectivity index (χ2v) is 5.54. The van der Waals surface area contributed by atoms with Gasteiger partial charge in [0.05, 0.1) is 6.61 Å². The summed E-state index contributed by atoms with van der Waals surface area (Å²) in [7, 11) is 0. The lowest BCUT2D eigenvalue weighted by molar-refractivity contribution is 0.106. The van der Waals surface area contributed by atoms with Crippen LogP contribution in [0.2, 0.25) is 0 Å². The van der Waals surface area contributed by atoms with Crippen LogP contribution in [0.15, 0.2) is 0 Å². The second kappa shape index (κ2) is 8.90. The highest BCUT2D eigenvalue weighted by molar-refractivity contribution is 4.76. The Balaban J connectivity index is 1.95. The number of nitrogens with zero attached hydrogens (tertiary/aromatic N) is 1. The SMILES string of the molecule is CCCN1CCC(NCCOCC(C)C)CC1. The van der Waals surface area contributed by atoms with Gasteiger partial charge in [-0.05, 0) is 44.8 Å². The third-order valence-corrected chi connectivity index (χ3v) is 3.26. The number of nitrogens with one attached hydrogen (secondary N) is 1. The average molecular weight is 242 g/mol. The van der Waals surface area contributed by atoms with Gasteiger partial charge in [-0.1, -0.05) is 20.8 Å². The summed E-state index contributed by atoms with van der Waals surface area (Å²) in [5.74, 6) is 0.646. The van der Waals surface area contributed by atoms with Crippen LogP contribution in [0, 0.1) is 5.92 Å². The Kier molecular flexibility index (Phi) is 7.82. The zero-order valence-corrected chi connectivity index (χ0v) is 11.9. The van der Waals surface area contributed by atoms with E-state index in [1.54, 1.807) is 0 Å². The van der Waals surface area contributed by atoms with Gasteiger partial charge in [0.15, 0.2) is 0 Å². The van der Waals surface area contributed by atoms with Gasteiger partial charge in [0, 0.05) is 19.2 Å². The van der Waals surface area contributed by atoms with Crippen LogP contribution in [0.1, 0.15) is 40.0 Å². The normalized spacial score (nSPS) is 19.1. The number of rotatable bonds is 8. The first-order valence-electron chi connectivity index (χ1n) is 7.25. The second-order valence-electron chi connectivity index (χ2n) is 5.54. The summed E-state index contributed by atoms with van der Waals surface area (Å²) in [6, 6.07) is 0.714. The highest BCUT2D eigenvalue weighted by Crippen LogP contribution is 2.10. The van der Waals surface area contributed by atoms with E-state index in [-0.39, 0.29) is 0 Å². The van der Waals surface area contributed by atoms with Crippen LogP contribution >= 0.6 is 0 Å². The van der Waals surface area contributed by atoms with Gasteiger partial charge in [0.1, 0.15) is 0 Å². The summed E-state index contributed by atoms with van der Waals surface area (Å²) >= 11 is 0. The van der Waals surface area contributed by atoms with E-state index in [0.717, 1.165) is 19.8 Å². The monoisotopic (exact) mass is 242 g/mol. The summed E-state index contributed by atoms with van der Waals surface area (Å²) in [6.45, 7) is 13.2. The van der Waals surface area contributed by atoms with Gasteiger partial charge in [-0.15, -0.1) is 0 Å². The quantitative estimate of drug-likeness (QED) is 0.660. The van der Waals surface area contributed by atoms with Crippen molar-refractivity contribution in [1.29, 1.82) is 0 Å². The maximum Gasteiger partial charge on any atom is 0.0591 e. The van der Waals surface area contributed by atoms with Crippen molar-refractivity contribution in [3.8, 4) is 0 Å². The van der Waals surface area contributed by atoms with E-state index in [1.807, 2.05) is 0 Å². The first kappa shape index (κ1) is 14.9. The maximum atomic E-state index is 5.57. The van der Waals surface area contributed by atoms with Crippen LogP contribution in [0.3, 0.4) is 0 Å². The van der Waals surface area contributed by atoms with Crippen molar-refractivity contribution < 1.29 is 4.74 Å². The summed E-state index contributed by atoms with van der Waals surface area (Å²) < 4.78 is 5.57. The lowest BCUT2D eigenvalue weighted by atomic mass is 10.1. The molecule has 1 fully saturated rings. The summed E-state index contributed by atoms with van der Waals surface area (Å²) in [5, 5.41) is 3.61. The molecule has 0 aromatic rings. The molecule has 1 saturated heterocycles. The minimum Gasteiger partial charge on any atom is -0.380 e. The lowest BCUT2D eigenvalue weighted by Crippen LogP contribution is -2.43. The molecule has 102 valence electrons. The standard InChI is InChI=1S/C14H30N2O/c1-4-8-16-9-5-14(6-10-16)15-7-11-17-12-13(2)3/h13-15H,4-12H2,1-3H3. The molecular formula is C14H30N2O. The minimum absolute atomic E-state index is 0.646. The van der Waals surface area contributed by atoms with Gasteiger partial charge in [0.2, 0.25) is 0 Å². The van der Waals surface area contributed by atoms with Crippen molar-refractivity contribution in [2.75, 3.05) is 39.4 Å². The smallest absolute Gasteiger partial charge is 0.0591 e. The highest BCUT2D eigenvalue weighted by Gasteiger charge is 2.17. The van der Waals surface area contributed by atoms with Gasteiger partial charge >= 0.3 is 0 Å². The fourth-order valence-electron chi connectivity index (χ4n) is 2.33. The Bertz CT molecular complexity index is 177. The third kappa shape index (κ3) is 7.02. The fraction of sp³-hybridized carbons (Fsp3) is 1.00. The molecular weight excluding hydrogens is 212 g/mol. The largest absolute Gasteiger partial charge is 0.380 e. The molecule has 1 N–H and O–H groups in total. The predicted molar refractivity (Wildman–Crippen MR) is 73.4 cm³/mol. The van der Waals surface area contributed by atoms with Crippen molar-refractivity contribution >= 4 is 0 Å². The van der Waals surface area contributed by atoms with E-state index >= 15 is 0 Å². The maximum absolute atomic E-state index is 5.57. The summed E-state index contributed by atoms with van der Waals surface area (Å²) in [5.41, 5.74) is 0. The van der Waals surface area contributed by atoms with Crippen LogP contribution in [0.5, 0.6) is 0 Å². The Morgan fingerprint density at radius 3 is 2.59 bits per heavy atom. The Morgan fingerprint density at radius 2 is 2.00 bits per heavy atom. The fourth-order valence-corrected chi connectivity index (χ4v) is 2.33. The zero-order chi connectivity index (χ0) is 12.5. The molecule has 0 radical (unpaired) electrons. The third-order valence-electron chi connectivity index (χ3n) is 3.26. The molecule has 3 nitrogen and oxygen atoms in total. The molecule has 0 amide bonds. The highest BCUT2D eigenvalue weighted by atomic mass is 16.5. The molecule has 0 saturated carbocycles. The molecule has 0 bridgehead atoms. The molecule has 17 heavy (non-hydrogen) atoms. The molecule has 1 heterocycles. The summed E-state index contributed by atoms with van der Waals surface area (Å²) in [4.78, 5) is 2.58. The van der Waals surface area contributed by atoms with E-state index in [1.165, 1.54) is 38.9 Å². The zero-order valence-electron chi connectivity index (χ0n) is 11.9. The number of likely N-dealkylation sites (tertiary alicyclic amines) is 1. The van der Waals surface area contributed by atoms with Crippen molar-refractivity contribution in [2.45, 2.75) is 46.1 Å². The summed E-state index contributed by atoms with van der Waals surface area (Å²) in [6.07, 6.45) is 3.87. The van der Waals surface area contributed by atoms with Crippen LogP contribution in [-0.4, -0.2) is 50.3 Å². The van der Waals surface area contributed by atoms with Crippen LogP contribution < -0.4 is 5.32 Å². The van der Waals surface area contributed by atoms with E-state index in [4.69, 9.17) is 4.74 Å². The average Bonchev–Trinajstić information content (AvgIpc) is 2.31. The van der Waals surface area contributed by atoms with E-state index in [9.17, 15) is 0 Å². The Hall–Kier alpha value is -0.120. The van der Waals surface area contributed by atoms with Gasteiger partial charge in [-0.2, -0.15) is 0 Å². The molecule has 0 unspecified atom stereocenters. The molecule has 3 heteroatoms. The van der Waals surface area contributed by atoms with Crippen molar-refractivity contribution in [2.24, 2.45) is 5.92 Å². The van der Waals surface area contributed by atoms with Crippen LogP contribution in [0.25, 0.3) is 0 Å². The molecule has 1 aliphatic rings. The molecule has 0 spiro atoms. The number of ether oxygens (including phenoxy) is 1. The van der Waals surface area contributed by atoms with Crippen molar-refractivity contribution in [1.82, 2.24) is 10.2 Å². The predicted octanol–water partition coefficient (Wildman–Crippen LogP) is 2.12. The minimum atomic E-state index is 0.646. The molecule has 0 atom stereocenters. The Morgan fingerprint density at radius 1 is 1.29 bits per heavy atom. The first-order valence-corrected chi connectivity index (χ1v) is 7.25. The molecule has 0 aliphatic carbocycles. The van der Waals surface area contributed by atoms with E-state index < -0.39 is 0 Å². The van der Waals surface area contributed by atoms with E-state index in [0.29, 0.717) is 12.0 Å². The topological polar surface area (TPSA) is 24.5 Å². The number of hydrogen-bond acceptors (Lipinski definition) is 3. The lowest BCUT2D eigenvalue weighted by Gasteiger charge is -2.32. The van der Waals surface area contributed by atoms with Gasteiger partial charge in [0.25, 0.3) is 0 Å². The number of piperidine rings is 1. The molecule has 0 aromatic heterocycles. The van der Waals surface area contributed by atoms with Gasteiger partial charge in [-0.3, -0.25) is 0 Å². The first-order chi connectivity index (χ1) is 8.22. The van der Waals surface area contributed by atoms with Crippen molar-refractivity contribution in [3.05, 3.63) is 0 Å². The molecule has 0 aromatic carbocycles. The van der Waals surface area contributed by atoms with Crippen molar-refractivity contribution in [3.63, 3.8) is 0 Å². The van der Waals surface area contributed by atoms with Gasteiger partial charge < -0.3 is 15.0 Å². The number of hydrogen-bond donors (Lipinski definition) is 1. The molecule has 1 rings (SSSR count). The van der Waals surface area contributed by atoms with Crippen LogP contribution in [0.4, 0.5) is 0 Å². The van der Waals surface area contributed by atoms with E-state index in [2.05, 4.69) is 31.0 Å².